The van der Waals surface area contributed by atoms with Crippen molar-refractivity contribution in [1.29, 1.82) is 0 Å². The van der Waals surface area contributed by atoms with Crippen LogP contribution in [0.5, 0.6) is 0 Å². The van der Waals surface area contributed by atoms with E-state index in [1.54, 1.807) is 13.0 Å². The third kappa shape index (κ3) is 2.75. The summed E-state index contributed by atoms with van der Waals surface area (Å²) >= 11 is 3.17. The molecular weight excluding hydrogens is 302 g/mol. The molecule has 1 saturated carbocycles. The molecule has 1 aromatic rings. The first-order valence-corrected chi connectivity index (χ1v) is 6.56. The number of rotatable bonds is 3. The van der Waals surface area contributed by atoms with Crippen molar-refractivity contribution in [2.24, 2.45) is 5.92 Å². The predicted octanol–water partition coefficient (Wildman–Crippen LogP) is 2.33. The molecule has 1 aromatic heterocycles. The summed E-state index contributed by atoms with van der Waals surface area (Å²) in [6.07, 6.45) is 1.80. The topological polar surface area (TPSA) is 79.5 Å². The number of carbonyl (C=O) groups excluding carboxylic acids is 1. The molecule has 18 heavy (non-hydrogen) atoms. The van der Waals surface area contributed by atoms with Crippen molar-refractivity contribution in [2.75, 3.05) is 0 Å². The second kappa shape index (κ2) is 5.14. The maximum Gasteiger partial charge on any atom is 0.306 e. The molecular formula is C12H14BrNO4. The number of carboxylic acid groups (broad SMARTS) is 1. The molecule has 0 unspecified atom stereocenters. The van der Waals surface area contributed by atoms with Gasteiger partial charge in [-0.1, -0.05) is 0 Å². The van der Waals surface area contributed by atoms with Crippen LogP contribution in [0.1, 0.15) is 35.4 Å². The van der Waals surface area contributed by atoms with Crippen LogP contribution in [0.3, 0.4) is 0 Å². The molecule has 1 amide bonds. The number of nitrogens with one attached hydrogen (secondary N) is 1. The Morgan fingerprint density at radius 3 is 2.72 bits per heavy atom. The monoisotopic (exact) mass is 315 g/mol. The summed E-state index contributed by atoms with van der Waals surface area (Å²) in [6, 6.07) is 1.64. The lowest BCUT2D eigenvalue weighted by Gasteiger charge is -2.11. The van der Waals surface area contributed by atoms with Gasteiger partial charge in [0.15, 0.2) is 10.4 Å². The molecule has 0 spiro atoms. The Labute approximate surface area is 113 Å². The molecule has 1 fully saturated rings. The van der Waals surface area contributed by atoms with Gasteiger partial charge in [-0.3, -0.25) is 9.59 Å². The molecule has 2 N–H and O–H groups in total. The summed E-state index contributed by atoms with van der Waals surface area (Å²) in [5, 5.41) is 11.7. The molecule has 2 atom stereocenters. The van der Waals surface area contributed by atoms with E-state index in [1.165, 1.54) is 0 Å². The van der Waals surface area contributed by atoms with E-state index in [9.17, 15) is 9.59 Å². The summed E-state index contributed by atoms with van der Waals surface area (Å²) in [5.74, 6) is -1.14. The van der Waals surface area contributed by atoms with Crippen molar-refractivity contribution >= 4 is 27.8 Å². The first-order valence-electron chi connectivity index (χ1n) is 5.77. The Bertz CT molecular complexity index is 482. The quantitative estimate of drug-likeness (QED) is 0.897. The van der Waals surface area contributed by atoms with Crippen LogP contribution < -0.4 is 5.32 Å². The zero-order valence-corrected chi connectivity index (χ0v) is 11.5. The maximum absolute atomic E-state index is 11.9. The molecule has 0 radical (unpaired) electrons. The number of amides is 1. The minimum atomic E-state index is -0.788. The van der Waals surface area contributed by atoms with Crippen LogP contribution >= 0.6 is 15.9 Å². The zero-order chi connectivity index (χ0) is 13.3. The van der Waals surface area contributed by atoms with Crippen LogP contribution in [0.4, 0.5) is 0 Å². The maximum atomic E-state index is 11.9. The molecule has 98 valence electrons. The summed E-state index contributed by atoms with van der Waals surface area (Å²) in [4.78, 5) is 22.8. The van der Waals surface area contributed by atoms with Gasteiger partial charge in [0, 0.05) is 11.6 Å². The molecule has 1 aliphatic carbocycles. The smallest absolute Gasteiger partial charge is 0.306 e. The van der Waals surface area contributed by atoms with E-state index >= 15 is 0 Å². The van der Waals surface area contributed by atoms with Crippen LogP contribution in [0.2, 0.25) is 0 Å². The van der Waals surface area contributed by atoms with Crippen molar-refractivity contribution in [3.63, 3.8) is 0 Å². The largest absolute Gasteiger partial charge is 0.481 e. The van der Waals surface area contributed by atoms with Gasteiger partial charge in [-0.2, -0.15) is 0 Å². The molecule has 2 rings (SSSR count). The average molecular weight is 316 g/mol. The molecule has 5 nitrogen and oxygen atoms in total. The third-order valence-corrected chi connectivity index (χ3v) is 3.60. The lowest BCUT2D eigenvalue weighted by molar-refractivity contribution is -0.141. The highest BCUT2D eigenvalue weighted by Gasteiger charge is 2.31. The van der Waals surface area contributed by atoms with Gasteiger partial charge < -0.3 is 14.8 Å². The fraction of sp³-hybridized carbons (Fsp3) is 0.500. The highest BCUT2D eigenvalue weighted by molar-refractivity contribution is 9.10. The number of aryl methyl sites for hydroxylation is 1. The molecule has 0 aromatic carbocycles. The number of hydrogen-bond acceptors (Lipinski definition) is 3. The van der Waals surface area contributed by atoms with E-state index in [4.69, 9.17) is 9.52 Å². The SMILES string of the molecule is Cc1cc(Br)oc1C(=O)N[C@@H]1CC[C@H](C(=O)O)C1. The van der Waals surface area contributed by atoms with Gasteiger partial charge in [-0.05, 0) is 48.2 Å². The normalized spacial score (nSPS) is 23.0. The molecule has 1 heterocycles. The second-order valence-electron chi connectivity index (χ2n) is 4.58. The summed E-state index contributed by atoms with van der Waals surface area (Å²) < 4.78 is 5.76. The van der Waals surface area contributed by atoms with Crippen molar-refractivity contribution in [3.8, 4) is 0 Å². The Morgan fingerprint density at radius 2 is 2.22 bits per heavy atom. The lowest BCUT2D eigenvalue weighted by atomic mass is 10.1. The number of halogens is 1. The predicted molar refractivity (Wildman–Crippen MR) is 67.4 cm³/mol. The van der Waals surface area contributed by atoms with Gasteiger partial charge >= 0.3 is 5.97 Å². The fourth-order valence-corrected chi connectivity index (χ4v) is 2.76. The first kappa shape index (κ1) is 13.1. The van der Waals surface area contributed by atoms with Crippen LogP contribution in [0.15, 0.2) is 15.2 Å². The van der Waals surface area contributed by atoms with Gasteiger partial charge in [-0.15, -0.1) is 0 Å². The van der Waals surface area contributed by atoms with Crippen LogP contribution in [-0.4, -0.2) is 23.0 Å². The van der Waals surface area contributed by atoms with Crippen molar-refractivity contribution in [3.05, 3.63) is 22.1 Å². The van der Waals surface area contributed by atoms with Crippen LogP contribution in [0.25, 0.3) is 0 Å². The minimum absolute atomic E-state index is 0.0816. The Balaban J connectivity index is 1.97. The second-order valence-corrected chi connectivity index (χ2v) is 5.36. The van der Waals surface area contributed by atoms with Gasteiger partial charge in [0.1, 0.15) is 0 Å². The van der Waals surface area contributed by atoms with E-state index in [0.29, 0.717) is 23.9 Å². The van der Waals surface area contributed by atoms with Gasteiger partial charge in [0.05, 0.1) is 5.92 Å². The Morgan fingerprint density at radius 1 is 1.50 bits per heavy atom. The molecule has 1 aliphatic rings. The highest BCUT2D eigenvalue weighted by Crippen LogP contribution is 2.26. The number of furan rings is 1. The summed E-state index contributed by atoms with van der Waals surface area (Å²) in [7, 11) is 0. The average Bonchev–Trinajstić information content (AvgIpc) is 2.85. The van der Waals surface area contributed by atoms with E-state index in [-0.39, 0.29) is 23.6 Å². The van der Waals surface area contributed by atoms with E-state index in [1.807, 2.05) is 0 Å². The van der Waals surface area contributed by atoms with Gasteiger partial charge in [0.25, 0.3) is 5.91 Å². The van der Waals surface area contributed by atoms with Crippen LogP contribution in [-0.2, 0) is 4.79 Å². The van der Waals surface area contributed by atoms with Crippen molar-refractivity contribution in [1.82, 2.24) is 5.32 Å². The Kier molecular flexibility index (Phi) is 3.75. The van der Waals surface area contributed by atoms with Gasteiger partial charge in [-0.25, -0.2) is 0 Å². The zero-order valence-electron chi connectivity index (χ0n) is 9.90. The number of hydrogen-bond donors (Lipinski definition) is 2. The lowest BCUT2D eigenvalue weighted by Crippen LogP contribution is -2.33. The fourth-order valence-electron chi connectivity index (χ4n) is 2.26. The Hall–Kier alpha value is -1.30. The van der Waals surface area contributed by atoms with Crippen molar-refractivity contribution in [2.45, 2.75) is 32.2 Å². The third-order valence-electron chi connectivity index (χ3n) is 3.21. The van der Waals surface area contributed by atoms with Crippen LogP contribution in [0, 0.1) is 12.8 Å². The molecule has 6 heteroatoms. The van der Waals surface area contributed by atoms with Crippen molar-refractivity contribution < 1.29 is 19.1 Å². The van der Waals surface area contributed by atoms with E-state index in [0.717, 1.165) is 5.56 Å². The number of carbonyl (C=O) groups is 2. The summed E-state index contributed by atoms with van der Waals surface area (Å²) in [6.45, 7) is 1.79. The molecule has 0 aliphatic heterocycles. The van der Waals surface area contributed by atoms with E-state index < -0.39 is 5.97 Å². The number of carboxylic acids is 1. The van der Waals surface area contributed by atoms with E-state index in [2.05, 4.69) is 21.2 Å². The highest BCUT2D eigenvalue weighted by atomic mass is 79.9. The first-order chi connectivity index (χ1) is 8.47. The minimum Gasteiger partial charge on any atom is -0.481 e. The standard InChI is InChI=1S/C12H14BrNO4/c1-6-4-9(13)18-10(6)11(15)14-8-3-2-7(5-8)12(16)17/h4,7-8H,2-3,5H2,1H3,(H,14,15)(H,16,17)/t7-,8+/m0/s1. The molecule has 0 bridgehead atoms. The molecule has 0 saturated heterocycles. The van der Waals surface area contributed by atoms with Gasteiger partial charge in [0.2, 0.25) is 0 Å². The number of aliphatic carboxylic acids is 1. The summed E-state index contributed by atoms with van der Waals surface area (Å²) in [5.41, 5.74) is 0.757.